The van der Waals surface area contributed by atoms with E-state index in [0.717, 1.165) is 28.7 Å². The molecule has 0 amide bonds. The summed E-state index contributed by atoms with van der Waals surface area (Å²) in [4.78, 5) is 0. The molecule has 0 bridgehead atoms. The van der Waals surface area contributed by atoms with Gasteiger partial charge in [0.25, 0.3) is 0 Å². The van der Waals surface area contributed by atoms with Gasteiger partial charge in [-0.2, -0.15) is 0 Å². The van der Waals surface area contributed by atoms with Crippen LogP contribution in [0.2, 0.25) is 0 Å². The molecule has 0 fully saturated rings. The Kier molecular flexibility index (Phi) is 4.20. The van der Waals surface area contributed by atoms with Crippen LogP contribution in [0.25, 0.3) is 16.5 Å². The van der Waals surface area contributed by atoms with Crippen molar-refractivity contribution in [2.75, 3.05) is 0 Å². The second-order valence-corrected chi connectivity index (χ2v) is 5.73. The van der Waals surface area contributed by atoms with Crippen LogP contribution in [0, 0.1) is 6.92 Å². The largest absolute Gasteiger partial charge is 0.381 e. The second kappa shape index (κ2) is 6.29. The molecule has 23 heavy (non-hydrogen) atoms. The zero-order valence-corrected chi connectivity index (χ0v) is 13.6. The van der Waals surface area contributed by atoms with E-state index < -0.39 is 6.10 Å². The lowest BCUT2D eigenvalue weighted by Crippen LogP contribution is -2.08. The third-order valence-electron chi connectivity index (χ3n) is 4.27. The Morgan fingerprint density at radius 2 is 1.87 bits per heavy atom. The van der Waals surface area contributed by atoms with Gasteiger partial charge in [-0.15, -0.1) is 5.73 Å². The van der Waals surface area contributed by atoms with Gasteiger partial charge in [-0.25, -0.2) is 0 Å². The van der Waals surface area contributed by atoms with E-state index >= 15 is 0 Å². The summed E-state index contributed by atoms with van der Waals surface area (Å²) in [5.74, 6) is 0. The van der Waals surface area contributed by atoms with Gasteiger partial charge in [0, 0.05) is 17.6 Å². The van der Waals surface area contributed by atoms with E-state index in [4.69, 9.17) is 0 Å². The minimum Gasteiger partial charge on any atom is -0.381 e. The molecule has 1 N–H and O–H groups in total. The molecule has 1 atom stereocenters. The molecule has 2 nitrogen and oxygen atoms in total. The van der Waals surface area contributed by atoms with Crippen molar-refractivity contribution in [3.63, 3.8) is 0 Å². The molecule has 0 saturated heterocycles. The molecule has 0 aliphatic carbocycles. The molecule has 0 radical (unpaired) electrons. The highest BCUT2D eigenvalue weighted by atomic mass is 16.3. The van der Waals surface area contributed by atoms with Crippen molar-refractivity contribution in [1.82, 2.24) is 4.57 Å². The Morgan fingerprint density at radius 3 is 2.52 bits per heavy atom. The zero-order chi connectivity index (χ0) is 16.4. The topological polar surface area (TPSA) is 25.2 Å². The van der Waals surface area contributed by atoms with E-state index in [2.05, 4.69) is 42.0 Å². The summed E-state index contributed by atoms with van der Waals surface area (Å²) in [5, 5.41) is 12.1. The van der Waals surface area contributed by atoms with Crippen LogP contribution in [-0.2, 0) is 6.54 Å². The summed E-state index contributed by atoms with van der Waals surface area (Å²) in [5.41, 5.74) is 7.80. The van der Waals surface area contributed by atoms with Gasteiger partial charge in [0.2, 0.25) is 0 Å². The van der Waals surface area contributed by atoms with Crippen LogP contribution in [0.15, 0.2) is 66.9 Å². The highest BCUT2D eigenvalue weighted by molar-refractivity contribution is 5.83. The van der Waals surface area contributed by atoms with Gasteiger partial charge in [-0.05, 0) is 36.9 Å². The lowest BCUT2D eigenvalue weighted by molar-refractivity contribution is 0.228. The van der Waals surface area contributed by atoms with Crippen molar-refractivity contribution in [1.29, 1.82) is 0 Å². The monoisotopic (exact) mass is 303 g/mol. The molecule has 0 aliphatic heterocycles. The molecule has 1 heterocycles. The fourth-order valence-corrected chi connectivity index (χ4v) is 3.05. The highest BCUT2D eigenvalue weighted by Crippen LogP contribution is 2.33. The minimum atomic E-state index is -0.748. The molecule has 0 spiro atoms. The number of fused-ring (bicyclic) bond motifs is 1. The predicted molar refractivity (Wildman–Crippen MR) is 96.3 cm³/mol. The number of aliphatic hydroxyl groups excluding tert-OH is 1. The number of hydrogen-bond acceptors (Lipinski definition) is 1. The van der Waals surface area contributed by atoms with Crippen molar-refractivity contribution in [2.45, 2.75) is 26.5 Å². The third kappa shape index (κ3) is 2.75. The lowest BCUT2D eigenvalue weighted by atomic mass is 9.98. The Hall–Kier alpha value is -2.54. The van der Waals surface area contributed by atoms with E-state index in [1.807, 2.05) is 43.3 Å². The maximum Gasteiger partial charge on any atom is 0.127 e. The molecule has 3 rings (SSSR count). The van der Waals surface area contributed by atoms with E-state index in [0.29, 0.717) is 5.57 Å². The quantitative estimate of drug-likeness (QED) is 0.683. The summed E-state index contributed by atoms with van der Waals surface area (Å²) in [6.07, 6.45) is -0.748. The maximum atomic E-state index is 11.0. The number of nitrogens with zero attached hydrogens (tertiary/aromatic N) is 1. The molecule has 2 heteroatoms. The van der Waals surface area contributed by atoms with Crippen LogP contribution >= 0.6 is 0 Å². The second-order valence-electron chi connectivity index (χ2n) is 5.73. The van der Waals surface area contributed by atoms with Crippen molar-refractivity contribution in [2.24, 2.45) is 0 Å². The molecule has 116 valence electrons. The lowest BCUT2D eigenvalue weighted by Gasteiger charge is -2.16. The Labute approximate surface area is 137 Å². The SMILES string of the molecule is C=C=C(c1ccc(C)cc1)C(O)c1cc2ccccc2n1CC. The van der Waals surface area contributed by atoms with Crippen LogP contribution in [0.1, 0.15) is 29.8 Å². The average Bonchev–Trinajstić information content (AvgIpc) is 2.95. The summed E-state index contributed by atoms with van der Waals surface area (Å²) in [6.45, 7) is 8.73. The number of aryl methyl sites for hydroxylation is 2. The van der Waals surface area contributed by atoms with E-state index in [-0.39, 0.29) is 0 Å². The molecule has 2 aromatic carbocycles. The molecule has 0 aliphatic rings. The average molecular weight is 303 g/mol. The van der Waals surface area contributed by atoms with Crippen molar-refractivity contribution >= 4 is 16.5 Å². The van der Waals surface area contributed by atoms with E-state index in [9.17, 15) is 5.11 Å². The van der Waals surface area contributed by atoms with Crippen molar-refractivity contribution in [3.05, 3.63) is 83.7 Å². The van der Waals surface area contributed by atoms with Gasteiger partial charge in [0.05, 0.1) is 5.69 Å². The number of para-hydroxylation sites is 1. The standard InChI is InChI=1S/C21H21NO/c1-4-18(16-12-10-15(3)11-13-16)21(23)20-14-17-8-6-7-9-19(17)22(20)5-2/h6-14,21,23H,1,5H2,2-3H3. The fourth-order valence-electron chi connectivity index (χ4n) is 3.05. The summed E-state index contributed by atoms with van der Waals surface area (Å²) < 4.78 is 2.14. The van der Waals surface area contributed by atoms with Crippen molar-refractivity contribution < 1.29 is 5.11 Å². The molecular weight excluding hydrogens is 282 g/mol. The fraction of sp³-hybridized carbons (Fsp3) is 0.190. The first-order valence-electron chi connectivity index (χ1n) is 7.89. The Balaban J connectivity index is 2.10. The predicted octanol–water partition coefficient (Wildman–Crippen LogP) is 4.87. The Bertz CT molecular complexity index is 880. The van der Waals surface area contributed by atoms with Crippen LogP contribution in [0.5, 0.6) is 0 Å². The first-order chi connectivity index (χ1) is 11.2. The molecule has 1 aromatic heterocycles. The van der Waals surface area contributed by atoms with Crippen LogP contribution in [0.3, 0.4) is 0 Å². The summed E-state index contributed by atoms with van der Waals surface area (Å²) in [6, 6.07) is 18.3. The van der Waals surface area contributed by atoms with Crippen LogP contribution in [-0.4, -0.2) is 9.67 Å². The van der Waals surface area contributed by atoms with Crippen LogP contribution in [0.4, 0.5) is 0 Å². The zero-order valence-electron chi connectivity index (χ0n) is 13.6. The Morgan fingerprint density at radius 1 is 1.17 bits per heavy atom. The van der Waals surface area contributed by atoms with Crippen LogP contribution < -0.4 is 0 Å². The van der Waals surface area contributed by atoms with E-state index in [1.54, 1.807) is 0 Å². The number of aromatic nitrogens is 1. The molecule has 3 aromatic rings. The third-order valence-corrected chi connectivity index (χ3v) is 4.27. The number of benzene rings is 2. The van der Waals surface area contributed by atoms with Gasteiger partial charge < -0.3 is 9.67 Å². The molecule has 0 saturated carbocycles. The number of aliphatic hydroxyl groups is 1. The van der Waals surface area contributed by atoms with Gasteiger partial charge in [0.1, 0.15) is 6.10 Å². The van der Waals surface area contributed by atoms with E-state index in [1.165, 1.54) is 5.56 Å². The van der Waals surface area contributed by atoms with Gasteiger partial charge in [-0.3, -0.25) is 0 Å². The summed E-state index contributed by atoms with van der Waals surface area (Å²) in [7, 11) is 0. The summed E-state index contributed by atoms with van der Waals surface area (Å²) >= 11 is 0. The highest BCUT2D eigenvalue weighted by Gasteiger charge is 2.20. The molecule has 1 unspecified atom stereocenters. The first-order valence-corrected chi connectivity index (χ1v) is 7.89. The normalized spacial score (nSPS) is 12.1. The van der Waals surface area contributed by atoms with Gasteiger partial charge in [-0.1, -0.05) is 54.6 Å². The minimum absolute atomic E-state index is 0.711. The molecular formula is C21H21NO. The maximum absolute atomic E-state index is 11.0. The number of rotatable bonds is 4. The smallest absolute Gasteiger partial charge is 0.127 e. The number of hydrogen-bond donors (Lipinski definition) is 1. The van der Waals surface area contributed by atoms with Gasteiger partial charge in [0.15, 0.2) is 0 Å². The van der Waals surface area contributed by atoms with Gasteiger partial charge >= 0.3 is 0 Å². The first kappa shape index (κ1) is 15.4. The van der Waals surface area contributed by atoms with Crippen molar-refractivity contribution in [3.8, 4) is 0 Å².